The molecule has 3 aromatic rings. The van der Waals surface area contributed by atoms with Crippen molar-refractivity contribution in [2.45, 2.75) is 27.3 Å². The van der Waals surface area contributed by atoms with Crippen molar-refractivity contribution in [3.8, 4) is 0 Å². The fourth-order valence-corrected chi connectivity index (χ4v) is 5.31. The van der Waals surface area contributed by atoms with Crippen LogP contribution in [0.2, 0.25) is 0 Å². The van der Waals surface area contributed by atoms with Crippen LogP contribution in [0.1, 0.15) is 32.2 Å². The molecule has 2 aromatic carbocycles. The average Bonchev–Trinajstić information content (AvgIpc) is 3.37. The Kier molecular flexibility index (Phi) is 8.78. The summed E-state index contributed by atoms with van der Waals surface area (Å²) in [5.41, 5.74) is 5.72. The van der Waals surface area contributed by atoms with Crippen molar-refractivity contribution in [1.29, 1.82) is 0 Å². The zero-order chi connectivity index (χ0) is 26.4. The molecule has 196 valence electrons. The number of ether oxygens (including phenoxy) is 1. The quantitative estimate of drug-likeness (QED) is 0.465. The molecule has 2 heterocycles. The number of amides is 3. The van der Waals surface area contributed by atoms with Gasteiger partial charge in [-0.15, -0.1) is 11.3 Å². The Balaban J connectivity index is 1.38. The first-order valence-corrected chi connectivity index (χ1v) is 13.4. The Morgan fingerprint density at radius 3 is 2.35 bits per heavy atom. The van der Waals surface area contributed by atoms with Crippen molar-refractivity contribution >= 4 is 34.6 Å². The number of piperazine rings is 1. The van der Waals surface area contributed by atoms with Crippen molar-refractivity contribution in [3.05, 3.63) is 75.2 Å². The number of benzene rings is 2. The van der Waals surface area contributed by atoms with Crippen LogP contribution in [0.5, 0.6) is 0 Å². The van der Waals surface area contributed by atoms with Gasteiger partial charge in [0.2, 0.25) is 0 Å². The first kappa shape index (κ1) is 26.6. The van der Waals surface area contributed by atoms with E-state index in [-0.39, 0.29) is 11.9 Å². The third-order valence-corrected chi connectivity index (χ3v) is 7.52. The van der Waals surface area contributed by atoms with E-state index in [1.165, 1.54) is 22.6 Å². The molecule has 0 unspecified atom stereocenters. The van der Waals surface area contributed by atoms with Crippen LogP contribution in [0.3, 0.4) is 0 Å². The predicted molar refractivity (Wildman–Crippen MR) is 149 cm³/mol. The molecule has 1 fully saturated rings. The number of aromatic nitrogens is 1. The lowest BCUT2D eigenvalue weighted by atomic mass is 10.1. The fraction of sp³-hybridized carbons (Fsp3) is 0.393. The summed E-state index contributed by atoms with van der Waals surface area (Å²) in [6.45, 7) is 10.1. The van der Waals surface area contributed by atoms with Gasteiger partial charge in [0, 0.05) is 56.6 Å². The highest BCUT2D eigenvalue weighted by atomic mass is 32.1. The van der Waals surface area contributed by atoms with Crippen molar-refractivity contribution in [1.82, 2.24) is 14.8 Å². The Labute approximate surface area is 222 Å². The van der Waals surface area contributed by atoms with E-state index in [1.807, 2.05) is 43.0 Å². The van der Waals surface area contributed by atoms with Crippen LogP contribution in [0.15, 0.2) is 47.8 Å². The summed E-state index contributed by atoms with van der Waals surface area (Å²) in [6, 6.07) is 14.0. The largest absolute Gasteiger partial charge is 0.383 e. The van der Waals surface area contributed by atoms with Gasteiger partial charge in [-0.2, -0.15) is 0 Å². The number of carbonyl (C=O) groups is 2. The molecule has 0 saturated carbocycles. The number of para-hydroxylation sites is 2. The maximum Gasteiger partial charge on any atom is 0.322 e. The van der Waals surface area contributed by atoms with E-state index in [1.54, 1.807) is 17.4 Å². The highest BCUT2D eigenvalue weighted by Crippen LogP contribution is 2.23. The van der Waals surface area contributed by atoms with Gasteiger partial charge in [0.15, 0.2) is 0 Å². The summed E-state index contributed by atoms with van der Waals surface area (Å²) in [7, 11) is 1.61. The molecule has 1 aliphatic heterocycles. The minimum absolute atomic E-state index is 0.0599. The number of carbonyl (C=O) groups excluding carboxylic acids is 2. The van der Waals surface area contributed by atoms with Gasteiger partial charge in [0.25, 0.3) is 5.91 Å². The number of hydrogen-bond acceptors (Lipinski definition) is 6. The number of hydrogen-bond donors (Lipinski definition) is 1. The summed E-state index contributed by atoms with van der Waals surface area (Å²) in [5.74, 6) is -0.0599. The highest BCUT2D eigenvalue weighted by Gasteiger charge is 2.25. The molecule has 1 aromatic heterocycles. The topological polar surface area (TPSA) is 78.0 Å². The highest BCUT2D eigenvalue weighted by molar-refractivity contribution is 7.09. The van der Waals surface area contributed by atoms with Gasteiger partial charge in [-0.3, -0.25) is 4.79 Å². The molecule has 0 radical (unpaired) electrons. The molecule has 3 amide bonds. The molecular weight excluding hydrogens is 486 g/mol. The second-order valence-electron chi connectivity index (χ2n) is 9.30. The predicted octanol–water partition coefficient (Wildman–Crippen LogP) is 4.71. The van der Waals surface area contributed by atoms with Crippen LogP contribution >= 0.6 is 11.3 Å². The number of aryl methyl sites for hydroxylation is 3. The first-order valence-electron chi connectivity index (χ1n) is 12.5. The Bertz CT molecular complexity index is 1220. The Morgan fingerprint density at radius 2 is 1.68 bits per heavy atom. The summed E-state index contributed by atoms with van der Waals surface area (Å²) >= 11 is 1.40. The van der Waals surface area contributed by atoms with Crippen molar-refractivity contribution < 1.29 is 14.3 Å². The van der Waals surface area contributed by atoms with Crippen molar-refractivity contribution in [2.24, 2.45) is 0 Å². The maximum atomic E-state index is 13.2. The Morgan fingerprint density at radius 1 is 1.00 bits per heavy atom. The van der Waals surface area contributed by atoms with E-state index in [0.717, 1.165) is 34.9 Å². The third kappa shape index (κ3) is 6.47. The van der Waals surface area contributed by atoms with Crippen molar-refractivity contribution in [2.75, 3.05) is 56.7 Å². The Hall–Kier alpha value is -3.43. The van der Waals surface area contributed by atoms with Crippen LogP contribution in [0.4, 0.5) is 16.2 Å². The van der Waals surface area contributed by atoms with E-state index in [9.17, 15) is 9.59 Å². The van der Waals surface area contributed by atoms with E-state index in [2.05, 4.69) is 40.3 Å². The summed E-state index contributed by atoms with van der Waals surface area (Å²) < 4.78 is 5.23. The van der Waals surface area contributed by atoms with Gasteiger partial charge in [-0.05, 0) is 43.5 Å². The molecule has 9 heteroatoms. The van der Waals surface area contributed by atoms with Gasteiger partial charge in [-0.25, -0.2) is 9.78 Å². The maximum absolute atomic E-state index is 13.2. The van der Waals surface area contributed by atoms with E-state index in [4.69, 9.17) is 4.74 Å². The second kappa shape index (κ2) is 12.2. The molecule has 0 bridgehead atoms. The van der Waals surface area contributed by atoms with Gasteiger partial charge in [0.05, 0.1) is 13.2 Å². The van der Waals surface area contributed by atoms with Crippen LogP contribution in [0, 0.1) is 20.8 Å². The lowest BCUT2D eigenvalue weighted by Gasteiger charge is -2.36. The van der Waals surface area contributed by atoms with E-state index in [0.29, 0.717) is 38.5 Å². The van der Waals surface area contributed by atoms with Crippen molar-refractivity contribution in [3.63, 3.8) is 0 Å². The number of anilines is 2. The number of methoxy groups -OCH3 is 1. The minimum Gasteiger partial charge on any atom is -0.383 e. The smallest absolute Gasteiger partial charge is 0.322 e. The zero-order valence-electron chi connectivity index (χ0n) is 22.0. The molecule has 1 aliphatic rings. The van der Waals surface area contributed by atoms with Crippen LogP contribution in [0.25, 0.3) is 0 Å². The molecule has 37 heavy (non-hydrogen) atoms. The number of urea groups is 1. The van der Waals surface area contributed by atoms with E-state index < -0.39 is 0 Å². The normalized spacial score (nSPS) is 13.5. The van der Waals surface area contributed by atoms with Gasteiger partial charge in [0.1, 0.15) is 10.7 Å². The number of nitrogens with one attached hydrogen (secondary N) is 1. The molecular formula is C28H35N5O3S. The minimum atomic E-state index is -0.218. The monoisotopic (exact) mass is 521 g/mol. The van der Waals surface area contributed by atoms with E-state index >= 15 is 0 Å². The molecule has 0 atom stereocenters. The number of rotatable bonds is 8. The zero-order valence-corrected chi connectivity index (χ0v) is 22.8. The van der Waals surface area contributed by atoms with Gasteiger partial charge < -0.3 is 24.8 Å². The average molecular weight is 522 g/mol. The lowest BCUT2D eigenvalue weighted by molar-refractivity contribution is 0.0741. The number of nitrogens with zero attached hydrogens (tertiary/aromatic N) is 4. The molecule has 1 N–H and O–H groups in total. The van der Waals surface area contributed by atoms with Gasteiger partial charge >= 0.3 is 6.03 Å². The first-order chi connectivity index (χ1) is 17.9. The fourth-order valence-electron chi connectivity index (χ4n) is 4.53. The lowest BCUT2D eigenvalue weighted by Crippen LogP contribution is -2.49. The number of thiazole rings is 1. The summed E-state index contributed by atoms with van der Waals surface area (Å²) in [5, 5.41) is 5.55. The van der Waals surface area contributed by atoms with Crippen LogP contribution in [-0.2, 0) is 11.3 Å². The molecule has 8 nitrogen and oxygen atoms in total. The standard InChI is InChI=1S/C28H35N5O3S/c1-20-8-5-6-11-24(20)31-12-14-32(15-13-31)27(34)23-19-37-25(29-23)18-33(16-17-36-4)28(35)30-26-21(2)9-7-10-22(26)3/h5-11,19H,12-18H2,1-4H3,(H,30,35). The molecule has 0 spiro atoms. The summed E-state index contributed by atoms with van der Waals surface area (Å²) in [6.07, 6.45) is 0. The van der Waals surface area contributed by atoms with Crippen LogP contribution in [-0.4, -0.2) is 73.2 Å². The second-order valence-corrected chi connectivity index (χ2v) is 10.2. The van der Waals surface area contributed by atoms with Crippen LogP contribution < -0.4 is 10.2 Å². The SMILES string of the molecule is COCCN(Cc1nc(C(=O)N2CCN(c3ccccc3C)CC2)cs1)C(=O)Nc1c(C)cccc1C. The summed E-state index contributed by atoms with van der Waals surface area (Å²) in [4.78, 5) is 36.8. The molecule has 0 aliphatic carbocycles. The third-order valence-electron chi connectivity index (χ3n) is 6.69. The molecule has 1 saturated heterocycles. The van der Waals surface area contributed by atoms with Gasteiger partial charge in [-0.1, -0.05) is 36.4 Å². The molecule has 4 rings (SSSR count).